The minimum absolute atomic E-state index is 0.0120. The second-order valence-electron chi connectivity index (χ2n) is 9.26. The third-order valence-corrected chi connectivity index (χ3v) is 7.04. The fraction of sp³-hybridized carbons (Fsp3) is 0.423. The third kappa shape index (κ3) is 5.23. The summed E-state index contributed by atoms with van der Waals surface area (Å²) in [5.74, 6) is 2.71. The molecule has 1 aliphatic rings. The van der Waals surface area contributed by atoms with Crippen LogP contribution in [-0.4, -0.2) is 57.2 Å². The molecule has 2 aromatic rings. The lowest BCUT2D eigenvalue weighted by molar-refractivity contribution is -0.114. The number of benzene rings is 2. The molecule has 0 saturated heterocycles. The van der Waals surface area contributed by atoms with E-state index in [9.17, 15) is 4.79 Å². The summed E-state index contributed by atoms with van der Waals surface area (Å²) in [5.41, 5.74) is 2.78. The van der Waals surface area contributed by atoms with Crippen LogP contribution in [0.2, 0.25) is 5.04 Å². The summed E-state index contributed by atoms with van der Waals surface area (Å²) in [6.45, 7) is 6.48. The highest BCUT2D eigenvalue weighted by Gasteiger charge is 2.37. The van der Waals surface area contributed by atoms with E-state index in [1.807, 2.05) is 18.2 Å². The molecule has 0 radical (unpaired) electrons. The van der Waals surface area contributed by atoms with Crippen molar-refractivity contribution in [2.45, 2.75) is 38.3 Å². The van der Waals surface area contributed by atoms with Gasteiger partial charge in [0.2, 0.25) is 5.75 Å². The fourth-order valence-electron chi connectivity index (χ4n) is 4.05. The number of methoxy groups -OCH3 is 5. The lowest BCUT2D eigenvalue weighted by Gasteiger charge is -2.24. The standard InChI is InChI=1S/C26H34O7Si/c1-26(2,3)34-33-20-14-18(27)23(15-11-21(30-6)25(32-8)22(12-15)31-7)24(20)17-13-16(28-4)9-10-19(17)29-5/h9-13,20H,14,34H2,1-8H3. The van der Waals surface area contributed by atoms with Gasteiger partial charge in [-0.3, -0.25) is 4.79 Å². The molecular weight excluding hydrogens is 452 g/mol. The van der Waals surface area contributed by atoms with E-state index in [2.05, 4.69) is 20.8 Å². The second kappa shape index (κ2) is 10.5. The Kier molecular flexibility index (Phi) is 7.94. The maximum atomic E-state index is 13.5. The number of hydrogen-bond donors (Lipinski definition) is 0. The van der Waals surface area contributed by atoms with Crippen LogP contribution in [0.5, 0.6) is 28.7 Å². The number of allylic oxidation sites excluding steroid dienone is 1. The molecular formula is C26H34O7Si. The SMILES string of the molecule is COc1ccc(OC)c(C2=C(c3cc(OC)c(OC)c(OC)c3)C(=O)CC2O[SiH2]C(C)(C)C)c1. The summed E-state index contributed by atoms with van der Waals surface area (Å²) in [7, 11) is 6.94. The molecule has 0 fully saturated rings. The van der Waals surface area contributed by atoms with Gasteiger partial charge in [-0.05, 0) is 40.9 Å². The van der Waals surface area contributed by atoms with Crippen molar-refractivity contribution in [3.05, 3.63) is 41.5 Å². The molecule has 34 heavy (non-hydrogen) atoms. The van der Waals surface area contributed by atoms with Crippen LogP contribution in [-0.2, 0) is 9.22 Å². The van der Waals surface area contributed by atoms with Gasteiger partial charge in [-0.15, -0.1) is 0 Å². The van der Waals surface area contributed by atoms with Gasteiger partial charge in [-0.1, -0.05) is 20.8 Å². The van der Waals surface area contributed by atoms with Crippen molar-refractivity contribution < 1.29 is 32.9 Å². The summed E-state index contributed by atoms with van der Waals surface area (Å²) in [6.07, 6.45) is -0.126. The highest BCUT2D eigenvalue weighted by Crippen LogP contribution is 2.47. The first kappa shape index (κ1) is 25.6. The topological polar surface area (TPSA) is 72.5 Å². The molecule has 0 heterocycles. The number of ether oxygens (including phenoxy) is 5. The third-order valence-electron chi connectivity index (χ3n) is 5.61. The van der Waals surface area contributed by atoms with Crippen molar-refractivity contribution in [2.24, 2.45) is 0 Å². The minimum atomic E-state index is -0.938. The van der Waals surface area contributed by atoms with Crippen molar-refractivity contribution in [1.82, 2.24) is 0 Å². The zero-order valence-electron chi connectivity index (χ0n) is 21.2. The average molecular weight is 487 g/mol. The van der Waals surface area contributed by atoms with Gasteiger partial charge in [-0.25, -0.2) is 0 Å². The number of carbonyl (C=O) groups excluding carboxylic acids is 1. The molecule has 7 nitrogen and oxygen atoms in total. The molecule has 0 spiro atoms. The molecule has 184 valence electrons. The summed E-state index contributed by atoms with van der Waals surface area (Å²) in [6, 6.07) is 9.16. The van der Waals surface area contributed by atoms with E-state index in [0.717, 1.165) is 11.1 Å². The molecule has 8 heteroatoms. The maximum Gasteiger partial charge on any atom is 0.203 e. The first-order chi connectivity index (χ1) is 16.2. The molecule has 0 amide bonds. The fourth-order valence-corrected chi connectivity index (χ4v) is 5.04. The van der Waals surface area contributed by atoms with Crippen LogP contribution >= 0.6 is 0 Å². The highest BCUT2D eigenvalue weighted by atomic mass is 28.2. The molecule has 0 aliphatic heterocycles. The van der Waals surface area contributed by atoms with Crippen molar-refractivity contribution >= 4 is 26.7 Å². The normalized spacial score (nSPS) is 16.4. The van der Waals surface area contributed by atoms with E-state index >= 15 is 0 Å². The molecule has 1 atom stereocenters. The van der Waals surface area contributed by atoms with Gasteiger partial charge in [-0.2, -0.15) is 0 Å². The average Bonchev–Trinajstić information content (AvgIpc) is 3.16. The van der Waals surface area contributed by atoms with Crippen LogP contribution in [0.4, 0.5) is 0 Å². The van der Waals surface area contributed by atoms with Crippen LogP contribution < -0.4 is 23.7 Å². The van der Waals surface area contributed by atoms with E-state index < -0.39 is 9.76 Å². The lowest BCUT2D eigenvalue weighted by atomic mass is 9.94. The van der Waals surface area contributed by atoms with Gasteiger partial charge in [0.1, 0.15) is 11.5 Å². The Morgan fingerprint density at radius 3 is 1.94 bits per heavy atom. The molecule has 1 unspecified atom stereocenters. The Morgan fingerprint density at radius 2 is 1.44 bits per heavy atom. The van der Waals surface area contributed by atoms with Crippen LogP contribution in [0.1, 0.15) is 38.3 Å². The largest absolute Gasteiger partial charge is 0.497 e. The van der Waals surface area contributed by atoms with Gasteiger partial charge < -0.3 is 28.1 Å². The first-order valence-corrected chi connectivity index (χ1v) is 12.4. The van der Waals surface area contributed by atoms with Gasteiger partial charge >= 0.3 is 0 Å². The van der Waals surface area contributed by atoms with E-state index in [0.29, 0.717) is 39.9 Å². The monoisotopic (exact) mass is 486 g/mol. The van der Waals surface area contributed by atoms with Crippen LogP contribution in [0.15, 0.2) is 30.3 Å². The quantitative estimate of drug-likeness (QED) is 0.489. The van der Waals surface area contributed by atoms with Crippen LogP contribution in [0.3, 0.4) is 0 Å². The number of hydrogen-bond acceptors (Lipinski definition) is 7. The molecule has 0 N–H and O–H groups in total. The van der Waals surface area contributed by atoms with E-state index in [1.54, 1.807) is 47.7 Å². The Labute approximate surface area is 203 Å². The van der Waals surface area contributed by atoms with Crippen LogP contribution in [0.25, 0.3) is 11.1 Å². The predicted octanol–water partition coefficient (Wildman–Crippen LogP) is 4.30. The Hall–Kier alpha value is -2.97. The summed E-state index contributed by atoms with van der Waals surface area (Å²) < 4.78 is 34.2. The Bertz CT molecular complexity index is 1060. The van der Waals surface area contributed by atoms with Crippen molar-refractivity contribution in [2.75, 3.05) is 35.5 Å². The molecule has 1 aliphatic carbocycles. The van der Waals surface area contributed by atoms with Crippen molar-refractivity contribution in [3.63, 3.8) is 0 Å². The summed E-state index contributed by atoms with van der Waals surface area (Å²) >= 11 is 0. The van der Waals surface area contributed by atoms with Crippen LogP contribution in [0, 0.1) is 0 Å². The zero-order chi connectivity index (χ0) is 25.0. The van der Waals surface area contributed by atoms with Gasteiger partial charge in [0.25, 0.3) is 0 Å². The minimum Gasteiger partial charge on any atom is -0.497 e. The van der Waals surface area contributed by atoms with E-state index in [1.165, 1.54) is 0 Å². The molecule has 0 bridgehead atoms. The smallest absolute Gasteiger partial charge is 0.203 e. The molecule has 2 aromatic carbocycles. The zero-order valence-corrected chi connectivity index (χ0v) is 22.7. The Morgan fingerprint density at radius 1 is 0.824 bits per heavy atom. The van der Waals surface area contributed by atoms with Gasteiger partial charge in [0.15, 0.2) is 27.0 Å². The first-order valence-electron chi connectivity index (χ1n) is 11.1. The van der Waals surface area contributed by atoms with Crippen molar-refractivity contribution in [3.8, 4) is 28.7 Å². The van der Waals surface area contributed by atoms with Gasteiger partial charge in [0, 0.05) is 23.1 Å². The molecule has 0 aromatic heterocycles. The predicted molar refractivity (Wildman–Crippen MR) is 135 cm³/mol. The van der Waals surface area contributed by atoms with E-state index in [4.69, 9.17) is 28.1 Å². The Balaban J connectivity index is 2.30. The molecule has 3 rings (SSSR count). The van der Waals surface area contributed by atoms with E-state index in [-0.39, 0.29) is 23.3 Å². The van der Waals surface area contributed by atoms with Gasteiger partial charge in [0.05, 0.1) is 41.7 Å². The number of rotatable bonds is 9. The second-order valence-corrected chi connectivity index (χ2v) is 12.0. The number of carbonyl (C=O) groups is 1. The summed E-state index contributed by atoms with van der Waals surface area (Å²) in [4.78, 5) is 13.5. The molecule has 0 saturated carbocycles. The summed E-state index contributed by atoms with van der Waals surface area (Å²) in [5, 5.41) is 0.0714. The number of Topliss-reactive ketones (excluding diaryl/α,β-unsaturated/α-hetero) is 1. The highest BCUT2D eigenvalue weighted by molar-refractivity contribution is 6.35. The lowest BCUT2D eigenvalue weighted by Crippen LogP contribution is -2.21. The van der Waals surface area contributed by atoms with Crippen molar-refractivity contribution in [1.29, 1.82) is 0 Å². The maximum absolute atomic E-state index is 13.5. The number of ketones is 1.